The van der Waals surface area contributed by atoms with Crippen molar-refractivity contribution in [1.29, 1.82) is 0 Å². The molecule has 2 heterocycles. The highest BCUT2D eigenvalue weighted by molar-refractivity contribution is 6.03. The van der Waals surface area contributed by atoms with Crippen LogP contribution in [0.25, 0.3) is 11.0 Å². The van der Waals surface area contributed by atoms with Gasteiger partial charge in [0.05, 0.1) is 17.2 Å². The van der Waals surface area contributed by atoms with E-state index in [1.54, 1.807) is 12.1 Å². The zero-order chi connectivity index (χ0) is 24.2. The van der Waals surface area contributed by atoms with E-state index in [9.17, 15) is 4.79 Å². The van der Waals surface area contributed by atoms with Gasteiger partial charge in [0.2, 0.25) is 5.95 Å². The molecule has 0 atom stereocenters. The van der Waals surface area contributed by atoms with Gasteiger partial charge in [-0.05, 0) is 62.4 Å². The second-order valence-corrected chi connectivity index (χ2v) is 8.11. The van der Waals surface area contributed by atoms with Crippen LogP contribution in [-0.4, -0.2) is 25.8 Å². The Balaban J connectivity index is 1.26. The van der Waals surface area contributed by atoms with Crippen molar-refractivity contribution < 1.29 is 4.79 Å². The molecule has 3 N–H and O–H groups in total. The Hall–Kier alpha value is -4.85. The normalized spacial score (nSPS) is 10.7. The zero-order valence-corrected chi connectivity index (χ0v) is 19.3. The molecule has 2 aromatic heterocycles. The predicted octanol–water partition coefficient (Wildman–Crippen LogP) is 5.78. The van der Waals surface area contributed by atoms with Crippen LogP contribution >= 0.6 is 0 Å². The van der Waals surface area contributed by atoms with Crippen LogP contribution in [0.1, 0.15) is 21.7 Å². The van der Waals surface area contributed by atoms with Gasteiger partial charge in [-0.15, -0.1) is 0 Å². The SMILES string of the molecule is Cc1ccc(Nc2cc(C)nc(Nc3ccc(NC(=O)c4cnc5ccccc5n4)cc3)n2)cc1. The summed E-state index contributed by atoms with van der Waals surface area (Å²) < 4.78 is 0. The Morgan fingerprint density at radius 1 is 0.714 bits per heavy atom. The molecule has 0 radical (unpaired) electrons. The molecule has 0 fully saturated rings. The Morgan fingerprint density at radius 3 is 2.14 bits per heavy atom. The van der Waals surface area contributed by atoms with E-state index in [1.807, 2.05) is 73.7 Å². The van der Waals surface area contributed by atoms with E-state index >= 15 is 0 Å². The number of aromatic nitrogens is 4. The number of aryl methyl sites for hydroxylation is 2. The van der Waals surface area contributed by atoms with Gasteiger partial charge in [-0.25, -0.2) is 9.97 Å². The standard InChI is InChI=1S/C27H23N7O/c1-17-7-9-19(10-8-17)30-25-15-18(2)29-27(34-25)32-21-13-11-20(12-14-21)31-26(35)24-16-28-22-5-3-4-6-23(22)33-24/h3-16H,1-2H3,(H,31,35)(H2,29,30,32,34). The minimum absolute atomic E-state index is 0.257. The fourth-order valence-electron chi connectivity index (χ4n) is 3.50. The number of fused-ring (bicyclic) bond motifs is 1. The average molecular weight is 462 g/mol. The minimum atomic E-state index is -0.321. The molecule has 5 rings (SSSR count). The summed E-state index contributed by atoms with van der Waals surface area (Å²) in [6.07, 6.45) is 1.48. The van der Waals surface area contributed by atoms with Crippen LogP contribution in [-0.2, 0) is 0 Å². The number of rotatable bonds is 6. The Morgan fingerprint density at radius 2 is 1.37 bits per heavy atom. The zero-order valence-electron chi connectivity index (χ0n) is 19.3. The van der Waals surface area contributed by atoms with E-state index in [4.69, 9.17) is 0 Å². The first-order valence-corrected chi connectivity index (χ1v) is 11.1. The van der Waals surface area contributed by atoms with Gasteiger partial charge in [0, 0.05) is 28.8 Å². The first kappa shape index (κ1) is 22.0. The highest BCUT2D eigenvalue weighted by Gasteiger charge is 2.10. The van der Waals surface area contributed by atoms with Crippen molar-refractivity contribution in [3.05, 3.63) is 102 Å². The molecule has 0 aliphatic carbocycles. The van der Waals surface area contributed by atoms with Crippen LogP contribution in [0.15, 0.2) is 85.1 Å². The van der Waals surface area contributed by atoms with Gasteiger partial charge >= 0.3 is 0 Å². The third-order valence-corrected chi connectivity index (χ3v) is 5.26. The molecule has 8 heteroatoms. The van der Waals surface area contributed by atoms with E-state index in [2.05, 4.69) is 42.8 Å². The van der Waals surface area contributed by atoms with Gasteiger partial charge in [-0.3, -0.25) is 9.78 Å². The molecular weight excluding hydrogens is 438 g/mol. The van der Waals surface area contributed by atoms with Crippen LogP contribution in [0.4, 0.5) is 28.8 Å². The lowest BCUT2D eigenvalue weighted by molar-refractivity contribution is 0.102. The van der Waals surface area contributed by atoms with E-state index in [0.29, 0.717) is 23.0 Å². The number of anilines is 5. The van der Waals surface area contributed by atoms with Crippen molar-refractivity contribution in [2.24, 2.45) is 0 Å². The fourth-order valence-corrected chi connectivity index (χ4v) is 3.50. The van der Waals surface area contributed by atoms with Gasteiger partial charge < -0.3 is 16.0 Å². The molecule has 3 aromatic carbocycles. The molecule has 35 heavy (non-hydrogen) atoms. The van der Waals surface area contributed by atoms with Crippen LogP contribution in [0.3, 0.4) is 0 Å². The van der Waals surface area contributed by atoms with E-state index in [0.717, 1.165) is 22.6 Å². The second-order valence-electron chi connectivity index (χ2n) is 8.11. The quantitative estimate of drug-likeness (QED) is 0.294. The fraction of sp³-hybridized carbons (Fsp3) is 0.0741. The number of amides is 1. The number of nitrogens with one attached hydrogen (secondary N) is 3. The Labute approximate surface area is 202 Å². The maximum Gasteiger partial charge on any atom is 0.275 e. The largest absolute Gasteiger partial charge is 0.340 e. The first-order chi connectivity index (χ1) is 17.0. The molecule has 0 aliphatic rings. The molecule has 0 saturated heterocycles. The number of hydrogen-bond donors (Lipinski definition) is 3. The number of benzene rings is 3. The summed E-state index contributed by atoms with van der Waals surface area (Å²) >= 11 is 0. The highest BCUT2D eigenvalue weighted by atomic mass is 16.1. The maximum atomic E-state index is 12.6. The topological polar surface area (TPSA) is 105 Å². The van der Waals surface area contributed by atoms with Crippen molar-refractivity contribution in [2.45, 2.75) is 13.8 Å². The number of para-hydroxylation sites is 2. The highest BCUT2D eigenvalue weighted by Crippen LogP contribution is 2.21. The second kappa shape index (κ2) is 9.56. The lowest BCUT2D eigenvalue weighted by atomic mass is 10.2. The molecule has 5 aromatic rings. The van der Waals surface area contributed by atoms with Gasteiger partial charge in [0.1, 0.15) is 11.5 Å². The van der Waals surface area contributed by atoms with Crippen molar-refractivity contribution in [3.8, 4) is 0 Å². The number of carbonyl (C=O) groups is 1. The van der Waals surface area contributed by atoms with Crippen LogP contribution in [0, 0.1) is 13.8 Å². The van der Waals surface area contributed by atoms with E-state index in [1.165, 1.54) is 11.8 Å². The summed E-state index contributed by atoms with van der Waals surface area (Å²) in [5, 5.41) is 9.37. The average Bonchev–Trinajstić information content (AvgIpc) is 2.86. The Bertz CT molecular complexity index is 1500. The molecular formula is C27H23N7O. The third kappa shape index (κ3) is 5.39. The number of hydrogen-bond acceptors (Lipinski definition) is 7. The molecule has 0 aliphatic heterocycles. The third-order valence-electron chi connectivity index (χ3n) is 5.26. The predicted molar refractivity (Wildman–Crippen MR) is 138 cm³/mol. The number of carbonyl (C=O) groups excluding carboxylic acids is 1. The van der Waals surface area contributed by atoms with Crippen molar-refractivity contribution >= 4 is 45.8 Å². The van der Waals surface area contributed by atoms with Gasteiger partial charge in [0.25, 0.3) is 5.91 Å². The monoisotopic (exact) mass is 461 g/mol. The lowest BCUT2D eigenvalue weighted by Crippen LogP contribution is -2.14. The lowest BCUT2D eigenvalue weighted by Gasteiger charge is -2.11. The van der Waals surface area contributed by atoms with Crippen LogP contribution in [0.2, 0.25) is 0 Å². The molecule has 0 saturated carbocycles. The first-order valence-electron chi connectivity index (χ1n) is 11.1. The number of nitrogens with zero attached hydrogens (tertiary/aromatic N) is 4. The molecule has 0 unspecified atom stereocenters. The minimum Gasteiger partial charge on any atom is -0.340 e. The molecule has 1 amide bonds. The van der Waals surface area contributed by atoms with Crippen molar-refractivity contribution in [3.63, 3.8) is 0 Å². The molecule has 172 valence electrons. The van der Waals surface area contributed by atoms with Gasteiger partial charge in [-0.2, -0.15) is 4.98 Å². The summed E-state index contributed by atoms with van der Waals surface area (Å²) in [5.41, 5.74) is 6.09. The van der Waals surface area contributed by atoms with Crippen molar-refractivity contribution in [2.75, 3.05) is 16.0 Å². The summed E-state index contributed by atoms with van der Waals surface area (Å²) in [6, 6.07) is 24.7. The summed E-state index contributed by atoms with van der Waals surface area (Å²) in [6.45, 7) is 3.97. The summed E-state index contributed by atoms with van der Waals surface area (Å²) in [4.78, 5) is 30.3. The van der Waals surface area contributed by atoms with E-state index < -0.39 is 0 Å². The van der Waals surface area contributed by atoms with Gasteiger partial charge in [0.15, 0.2) is 0 Å². The maximum absolute atomic E-state index is 12.6. The Kier molecular flexibility index (Phi) is 6.00. The molecule has 8 nitrogen and oxygen atoms in total. The summed E-state index contributed by atoms with van der Waals surface area (Å²) in [7, 11) is 0. The van der Waals surface area contributed by atoms with Gasteiger partial charge in [-0.1, -0.05) is 29.8 Å². The van der Waals surface area contributed by atoms with Crippen molar-refractivity contribution in [1.82, 2.24) is 19.9 Å². The van der Waals surface area contributed by atoms with Crippen LogP contribution < -0.4 is 16.0 Å². The molecule has 0 spiro atoms. The van der Waals surface area contributed by atoms with Crippen LogP contribution in [0.5, 0.6) is 0 Å². The van der Waals surface area contributed by atoms with E-state index in [-0.39, 0.29) is 11.6 Å². The smallest absolute Gasteiger partial charge is 0.275 e. The summed E-state index contributed by atoms with van der Waals surface area (Å²) in [5.74, 6) is 0.852. The molecule has 0 bridgehead atoms.